The van der Waals surface area contributed by atoms with E-state index in [0.717, 1.165) is 23.5 Å². The number of carbonyl (C=O) groups is 1. The third kappa shape index (κ3) is 5.14. The summed E-state index contributed by atoms with van der Waals surface area (Å²) in [6.07, 6.45) is 2.84. The average molecular weight is 414 g/mol. The quantitative estimate of drug-likeness (QED) is 0.369. The van der Waals surface area contributed by atoms with Crippen LogP contribution in [0.4, 0.5) is 0 Å². The monoisotopic (exact) mass is 413 g/mol. The SMILES string of the molecule is CCc1cc(C)cc(OCCOc2ccc(/C=C3\SC(=S)N(C)C3=O)cc2)c1. The first-order valence-corrected chi connectivity index (χ1v) is 10.4. The van der Waals surface area contributed by atoms with Gasteiger partial charge in [0.1, 0.15) is 29.0 Å². The third-order valence-corrected chi connectivity index (χ3v) is 5.79. The summed E-state index contributed by atoms with van der Waals surface area (Å²) < 4.78 is 12.1. The number of benzene rings is 2. The maximum absolute atomic E-state index is 12.1. The molecule has 1 aliphatic rings. The van der Waals surface area contributed by atoms with Crippen LogP contribution in [0.3, 0.4) is 0 Å². The van der Waals surface area contributed by atoms with Gasteiger partial charge in [-0.1, -0.05) is 49.1 Å². The van der Waals surface area contributed by atoms with E-state index in [9.17, 15) is 4.79 Å². The molecule has 0 unspecified atom stereocenters. The topological polar surface area (TPSA) is 38.8 Å². The number of hydrogen-bond acceptors (Lipinski definition) is 5. The number of thiocarbonyl (C=S) groups is 1. The van der Waals surface area contributed by atoms with Crippen molar-refractivity contribution in [1.29, 1.82) is 0 Å². The van der Waals surface area contributed by atoms with Gasteiger partial charge in [0, 0.05) is 7.05 Å². The second-order valence-electron chi connectivity index (χ2n) is 6.51. The fourth-order valence-electron chi connectivity index (χ4n) is 2.79. The van der Waals surface area contributed by atoms with Crippen molar-refractivity contribution in [3.63, 3.8) is 0 Å². The van der Waals surface area contributed by atoms with E-state index in [-0.39, 0.29) is 5.91 Å². The Hall–Kier alpha value is -2.31. The zero-order valence-electron chi connectivity index (χ0n) is 16.2. The standard InChI is InChI=1S/C22H23NO3S2/c1-4-16-11-15(2)12-19(13-16)26-10-9-25-18-7-5-17(6-8-18)14-20-21(24)23(3)22(27)28-20/h5-8,11-14H,4,9-10H2,1-3H3/b20-14-. The molecule has 3 rings (SSSR count). The molecule has 0 N–H and O–H groups in total. The van der Waals surface area contributed by atoms with Gasteiger partial charge >= 0.3 is 0 Å². The molecule has 1 saturated heterocycles. The molecule has 2 aromatic carbocycles. The van der Waals surface area contributed by atoms with Gasteiger partial charge in [0.25, 0.3) is 5.91 Å². The van der Waals surface area contributed by atoms with Crippen molar-refractivity contribution >= 4 is 40.3 Å². The van der Waals surface area contributed by atoms with Crippen LogP contribution in [0.5, 0.6) is 11.5 Å². The van der Waals surface area contributed by atoms with Crippen molar-refractivity contribution in [1.82, 2.24) is 4.90 Å². The molecule has 0 atom stereocenters. The zero-order valence-corrected chi connectivity index (χ0v) is 17.9. The number of carbonyl (C=O) groups excluding carboxylic acids is 1. The molecule has 146 valence electrons. The number of rotatable bonds is 7. The molecular formula is C22H23NO3S2. The van der Waals surface area contributed by atoms with E-state index in [2.05, 4.69) is 26.0 Å². The number of amides is 1. The van der Waals surface area contributed by atoms with Crippen LogP contribution in [0.25, 0.3) is 6.08 Å². The van der Waals surface area contributed by atoms with Crippen LogP contribution in [-0.4, -0.2) is 35.4 Å². The third-order valence-electron chi connectivity index (χ3n) is 4.30. The molecule has 1 amide bonds. The van der Waals surface area contributed by atoms with E-state index in [4.69, 9.17) is 21.7 Å². The van der Waals surface area contributed by atoms with Crippen molar-refractivity contribution in [2.45, 2.75) is 20.3 Å². The molecule has 0 spiro atoms. The Morgan fingerprint density at radius 2 is 1.75 bits per heavy atom. The number of likely N-dealkylation sites (N-methyl/N-ethyl adjacent to an activating group) is 1. The molecule has 0 radical (unpaired) electrons. The predicted octanol–water partition coefficient (Wildman–Crippen LogP) is 4.85. The second-order valence-corrected chi connectivity index (χ2v) is 8.19. The minimum Gasteiger partial charge on any atom is -0.490 e. The lowest BCUT2D eigenvalue weighted by atomic mass is 10.1. The molecule has 1 fully saturated rings. The smallest absolute Gasteiger partial charge is 0.265 e. The lowest BCUT2D eigenvalue weighted by Crippen LogP contribution is -2.22. The lowest BCUT2D eigenvalue weighted by molar-refractivity contribution is -0.121. The fraction of sp³-hybridized carbons (Fsp3) is 0.273. The van der Waals surface area contributed by atoms with Crippen molar-refractivity contribution in [2.75, 3.05) is 20.3 Å². The number of thioether (sulfide) groups is 1. The van der Waals surface area contributed by atoms with Gasteiger partial charge in [0.2, 0.25) is 0 Å². The first-order chi connectivity index (χ1) is 13.5. The number of ether oxygens (including phenoxy) is 2. The summed E-state index contributed by atoms with van der Waals surface area (Å²) >= 11 is 6.46. The van der Waals surface area contributed by atoms with Gasteiger partial charge in [-0.15, -0.1) is 0 Å². The summed E-state index contributed by atoms with van der Waals surface area (Å²) in [5.41, 5.74) is 3.40. The Morgan fingerprint density at radius 1 is 1.07 bits per heavy atom. The molecule has 1 heterocycles. The highest BCUT2D eigenvalue weighted by atomic mass is 32.2. The van der Waals surface area contributed by atoms with E-state index >= 15 is 0 Å². The first-order valence-electron chi connectivity index (χ1n) is 9.14. The summed E-state index contributed by atoms with van der Waals surface area (Å²) in [5.74, 6) is 1.58. The van der Waals surface area contributed by atoms with Crippen molar-refractivity contribution in [3.8, 4) is 11.5 Å². The predicted molar refractivity (Wildman–Crippen MR) is 119 cm³/mol. The summed E-state index contributed by atoms with van der Waals surface area (Å²) in [6.45, 7) is 5.15. The lowest BCUT2D eigenvalue weighted by Gasteiger charge is -2.10. The largest absolute Gasteiger partial charge is 0.490 e. The molecule has 0 saturated carbocycles. The normalized spacial score (nSPS) is 15.4. The van der Waals surface area contributed by atoms with Gasteiger partial charge in [-0.3, -0.25) is 9.69 Å². The average Bonchev–Trinajstić information content (AvgIpc) is 2.92. The van der Waals surface area contributed by atoms with Crippen LogP contribution in [0.15, 0.2) is 47.4 Å². The highest BCUT2D eigenvalue weighted by Gasteiger charge is 2.28. The summed E-state index contributed by atoms with van der Waals surface area (Å²) in [7, 11) is 1.69. The van der Waals surface area contributed by atoms with Gasteiger partial charge in [-0.2, -0.15) is 0 Å². The zero-order chi connectivity index (χ0) is 20.1. The second kappa shape index (κ2) is 9.26. The van der Waals surface area contributed by atoms with E-state index in [0.29, 0.717) is 22.4 Å². The number of aryl methyl sites for hydroxylation is 2. The molecule has 28 heavy (non-hydrogen) atoms. The van der Waals surface area contributed by atoms with E-state index in [1.807, 2.05) is 36.4 Å². The Morgan fingerprint density at radius 3 is 2.36 bits per heavy atom. The van der Waals surface area contributed by atoms with Crippen LogP contribution in [0.2, 0.25) is 0 Å². The van der Waals surface area contributed by atoms with E-state index in [1.165, 1.54) is 27.8 Å². The molecule has 0 aromatic heterocycles. The summed E-state index contributed by atoms with van der Waals surface area (Å²) in [4.78, 5) is 14.2. The summed E-state index contributed by atoms with van der Waals surface area (Å²) in [6, 6.07) is 13.9. The number of hydrogen-bond donors (Lipinski definition) is 0. The van der Waals surface area contributed by atoms with Gasteiger partial charge in [-0.05, 0) is 60.4 Å². The van der Waals surface area contributed by atoms with Crippen molar-refractivity contribution < 1.29 is 14.3 Å². The molecule has 6 heteroatoms. The maximum atomic E-state index is 12.1. The Labute approximate surface area is 175 Å². The van der Waals surface area contributed by atoms with Gasteiger partial charge in [-0.25, -0.2) is 0 Å². The molecule has 1 aliphatic heterocycles. The molecular weight excluding hydrogens is 390 g/mol. The minimum atomic E-state index is -0.0603. The Bertz CT molecular complexity index is 906. The first kappa shape index (κ1) is 20.4. The Kier molecular flexibility index (Phi) is 6.75. The van der Waals surface area contributed by atoms with Crippen LogP contribution >= 0.6 is 24.0 Å². The molecule has 2 aromatic rings. The minimum absolute atomic E-state index is 0.0603. The number of nitrogens with zero attached hydrogens (tertiary/aromatic N) is 1. The van der Waals surface area contributed by atoms with Crippen LogP contribution in [-0.2, 0) is 11.2 Å². The van der Waals surface area contributed by atoms with Crippen molar-refractivity contribution in [2.24, 2.45) is 0 Å². The highest BCUT2D eigenvalue weighted by Crippen LogP contribution is 2.31. The maximum Gasteiger partial charge on any atom is 0.265 e. The van der Waals surface area contributed by atoms with Gasteiger partial charge in [0.15, 0.2) is 0 Å². The van der Waals surface area contributed by atoms with Crippen molar-refractivity contribution in [3.05, 3.63) is 64.1 Å². The van der Waals surface area contributed by atoms with Crippen LogP contribution in [0, 0.1) is 6.92 Å². The van der Waals surface area contributed by atoms with Gasteiger partial charge < -0.3 is 9.47 Å². The molecule has 0 aliphatic carbocycles. The summed E-state index contributed by atoms with van der Waals surface area (Å²) in [5, 5.41) is 0. The Balaban J connectivity index is 1.51. The molecule has 4 nitrogen and oxygen atoms in total. The van der Waals surface area contributed by atoms with Crippen LogP contribution < -0.4 is 9.47 Å². The van der Waals surface area contributed by atoms with E-state index < -0.39 is 0 Å². The van der Waals surface area contributed by atoms with Gasteiger partial charge in [0.05, 0.1) is 4.91 Å². The van der Waals surface area contributed by atoms with E-state index in [1.54, 1.807) is 7.05 Å². The molecule has 0 bridgehead atoms. The fourth-order valence-corrected chi connectivity index (χ4v) is 3.97. The highest BCUT2D eigenvalue weighted by molar-refractivity contribution is 8.26. The van der Waals surface area contributed by atoms with Crippen LogP contribution in [0.1, 0.15) is 23.6 Å².